The molecule has 4 heteroatoms. The van der Waals surface area contributed by atoms with Gasteiger partial charge in [0, 0.05) is 36.2 Å². The van der Waals surface area contributed by atoms with Gasteiger partial charge in [-0.1, -0.05) is 12.1 Å². The van der Waals surface area contributed by atoms with Crippen LogP contribution in [-0.4, -0.2) is 9.97 Å². The SMILES string of the molecule is Nc1ccc2ccnc(NCc3cccnc3)c2c1. The highest BCUT2D eigenvalue weighted by Gasteiger charge is 2.02. The average molecular weight is 250 g/mol. The molecule has 0 aliphatic carbocycles. The number of rotatable bonds is 3. The van der Waals surface area contributed by atoms with Crippen molar-refractivity contribution in [3.8, 4) is 0 Å². The Kier molecular flexibility index (Phi) is 2.98. The molecule has 0 spiro atoms. The van der Waals surface area contributed by atoms with Gasteiger partial charge in [-0.15, -0.1) is 0 Å². The lowest BCUT2D eigenvalue weighted by atomic mass is 10.1. The highest BCUT2D eigenvalue weighted by Crippen LogP contribution is 2.23. The molecule has 0 radical (unpaired) electrons. The average Bonchev–Trinajstić information content (AvgIpc) is 2.46. The van der Waals surface area contributed by atoms with Crippen molar-refractivity contribution in [3.05, 3.63) is 60.6 Å². The summed E-state index contributed by atoms with van der Waals surface area (Å²) in [5.74, 6) is 0.841. The van der Waals surface area contributed by atoms with Crippen molar-refractivity contribution in [2.24, 2.45) is 0 Å². The van der Waals surface area contributed by atoms with Gasteiger partial charge in [0.25, 0.3) is 0 Å². The summed E-state index contributed by atoms with van der Waals surface area (Å²) in [5.41, 5.74) is 7.69. The van der Waals surface area contributed by atoms with Gasteiger partial charge in [-0.25, -0.2) is 4.98 Å². The zero-order chi connectivity index (χ0) is 13.1. The van der Waals surface area contributed by atoms with Gasteiger partial charge in [-0.05, 0) is 35.2 Å². The number of nitrogens with two attached hydrogens (primary N) is 1. The van der Waals surface area contributed by atoms with E-state index in [0.717, 1.165) is 27.8 Å². The van der Waals surface area contributed by atoms with Crippen LogP contribution in [0.4, 0.5) is 11.5 Å². The fourth-order valence-corrected chi connectivity index (χ4v) is 2.02. The number of hydrogen-bond donors (Lipinski definition) is 2. The van der Waals surface area contributed by atoms with E-state index in [0.29, 0.717) is 6.54 Å². The Bertz CT molecular complexity index is 695. The number of nitrogens with one attached hydrogen (secondary N) is 1. The summed E-state index contributed by atoms with van der Waals surface area (Å²) in [6, 6.07) is 11.8. The molecule has 0 bridgehead atoms. The van der Waals surface area contributed by atoms with Crippen LogP contribution in [0.3, 0.4) is 0 Å². The van der Waals surface area contributed by atoms with Crippen molar-refractivity contribution in [2.75, 3.05) is 11.1 Å². The lowest BCUT2D eigenvalue weighted by molar-refractivity contribution is 1.09. The molecule has 0 saturated carbocycles. The van der Waals surface area contributed by atoms with Crippen molar-refractivity contribution in [1.82, 2.24) is 9.97 Å². The van der Waals surface area contributed by atoms with Crippen LogP contribution in [0.5, 0.6) is 0 Å². The van der Waals surface area contributed by atoms with Gasteiger partial charge in [0.2, 0.25) is 0 Å². The first-order valence-electron chi connectivity index (χ1n) is 6.10. The molecule has 3 rings (SSSR count). The molecule has 0 aliphatic heterocycles. The molecule has 0 unspecified atom stereocenters. The quantitative estimate of drug-likeness (QED) is 0.702. The van der Waals surface area contributed by atoms with Crippen molar-refractivity contribution in [1.29, 1.82) is 0 Å². The second-order valence-electron chi connectivity index (χ2n) is 4.35. The number of nitrogen functional groups attached to an aromatic ring is 1. The maximum Gasteiger partial charge on any atom is 0.134 e. The van der Waals surface area contributed by atoms with Gasteiger partial charge in [0.15, 0.2) is 0 Å². The fraction of sp³-hybridized carbons (Fsp3) is 0.0667. The third-order valence-electron chi connectivity index (χ3n) is 2.97. The minimum atomic E-state index is 0.689. The Labute approximate surface area is 111 Å². The van der Waals surface area contributed by atoms with Gasteiger partial charge in [0.05, 0.1) is 0 Å². The molecule has 4 nitrogen and oxygen atoms in total. The zero-order valence-corrected chi connectivity index (χ0v) is 10.4. The van der Waals surface area contributed by atoms with E-state index in [1.807, 2.05) is 42.6 Å². The minimum absolute atomic E-state index is 0.689. The van der Waals surface area contributed by atoms with Crippen LogP contribution < -0.4 is 11.1 Å². The summed E-state index contributed by atoms with van der Waals surface area (Å²) in [7, 11) is 0. The van der Waals surface area contributed by atoms with E-state index in [1.54, 1.807) is 12.4 Å². The third kappa shape index (κ3) is 2.47. The lowest BCUT2D eigenvalue weighted by Gasteiger charge is -2.09. The lowest BCUT2D eigenvalue weighted by Crippen LogP contribution is -2.02. The summed E-state index contributed by atoms with van der Waals surface area (Å²) >= 11 is 0. The molecule has 0 fully saturated rings. The van der Waals surface area contributed by atoms with Crippen LogP contribution in [0.2, 0.25) is 0 Å². The number of nitrogens with zero attached hydrogens (tertiary/aromatic N) is 2. The van der Waals surface area contributed by atoms with Gasteiger partial charge in [-0.2, -0.15) is 0 Å². The number of fused-ring (bicyclic) bond motifs is 1. The maximum atomic E-state index is 5.83. The number of pyridine rings is 2. The monoisotopic (exact) mass is 250 g/mol. The highest BCUT2D eigenvalue weighted by atomic mass is 15.0. The normalized spacial score (nSPS) is 10.5. The zero-order valence-electron chi connectivity index (χ0n) is 10.4. The number of aromatic nitrogens is 2. The van der Waals surface area contributed by atoms with E-state index in [2.05, 4.69) is 15.3 Å². The molecule has 0 aliphatic rings. The summed E-state index contributed by atoms with van der Waals surface area (Å²) < 4.78 is 0. The maximum absolute atomic E-state index is 5.83. The molecular weight excluding hydrogens is 236 g/mol. The Balaban J connectivity index is 1.90. The molecule has 2 heterocycles. The summed E-state index contributed by atoms with van der Waals surface area (Å²) in [4.78, 5) is 8.47. The van der Waals surface area contributed by atoms with Gasteiger partial charge in [-0.3, -0.25) is 4.98 Å². The van der Waals surface area contributed by atoms with E-state index in [1.165, 1.54) is 0 Å². The molecule has 2 aromatic heterocycles. The van der Waals surface area contributed by atoms with Crippen molar-refractivity contribution in [3.63, 3.8) is 0 Å². The standard InChI is InChI=1S/C15H14N4/c16-13-4-3-12-5-7-18-15(14(12)8-13)19-10-11-2-1-6-17-9-11/h1-9H,10,16H2,(H,18,19). The number of hydrogen-bond acceptors (Lipinski definition) is 4. The first-order valence-corrected chi connectivity index (χ1v) is 6.10. The first-order chi connectivity index (χ1) is 9.33. The minimum Gasteiger partial charge on any atom is -0.399 e. The van der Waals surface area contributed by atoms with Crippen LogP contribution in [0, 0.1) is 0 Å². The number of anilines is 2. The van der Waals surface area contributed by atoms with E-state index >= 15 is 0 Å². The van der Waals surface area contributed by atoms with Crippen LogP contribution in [0.25, 0.3) is 10.8 Å². The molecule has 19 heavy (non-hydrogen) atoms. The Morgan fingerprint density at radius 2 is 2.05 bits per heavy atom. The molecule has 94 valence electrons. The fourth-order valence-electron chi connectivity index (χ4n) is 2.02. The van der Waals surface area contributed by atoms with Crippen LogP contribution in [0.1, 0.15) is 5.56 Å². The predicted octanol–water partition coefficient (Wildman–Crippen LogP) is 2.82. The van der Waals surface area contributed by atoms with Gasteiger partial charge >= 0.3 is 0 Å². The Morgan fingerprint density at radius 1 is 1.11 bits per heavy atom. The van der Waals surface area contributed by atoms with E-state index in [4.69, 9.17) is 5.73 Å². The van der Waals surface area contributed by atoms with Crippen molar-refractivity contribution < 1.29 is 0 Å². The number of benzene rings is 1. The highest BCUT2D eigenvalue weighted by molar-refractivity contribution is 5.93. The molecule has 1 aromatic carbocycles. The molecule has 0 atom stereocenters. The Hall–Kier alpha value is -2.62. The van der Waals surface area contributed by atoms with Gasteiger partial charge in [0.1, 0.15) is 5.82 Å². The third-order valence-corrected chi connectivity index (χ3v) is 2.97. The second-order valence-corrected chi connectivity index (χ2v) is 4.35. The molecule has 0 saturated heterocycles. The molecule has 3 N–H and O–H groups in total. The van der Waals surface area contributed by atoms with E-state index < -0.39 is 0 Å². The van der Waals surface area contributed by atoms with Gasteiger partial charge < -0.3 is 11.1 Å². The summed E-state index contributed by atoms with van der Waals surface area (Å²) in [6.07, 6.45) is 5.40. The van der Waals surface area contributed by atoms with E-state index in [-0.39, 0.29) is 0 Å². The smallest absolute Gasteiger partial charge is 0.134 e. The summed E-state index contributed by atoms with van der Waals surface area (Å²) in [5, 5.41) is 5.48. The first kappa shape index (κ1) is 11.5. The van der Waals surface area contributed by atoms with Crippen molar-refractivity contribution in [2.45, 2.75) is 6.54 Å². The predicted molar refractivity (Wildman–Crippen MR) is 77.7 cm³/mol. The largest absolute Gasteiger partial charge is 0.399 e. The van der Waals surface area contributed by atoms with Crippen LogP contribution in [-0.2, 0) is 6.54 Å². The van der Waals surface area contributed by atoms with Crippen molar-refractivity contribution >= 4 is 22.3 Å². The second kappa shape index (κ2) is 4.94. The van der Waals surface area contributed by atoms with Crippen LogP contribution in [0.15, 0.2) is 55.0 Å². The molecule has 0 amide bonds. The topological polar surface area (TPSA) is 63.8 Å². The Morgan fingerprint density at radius 3 is 2.89 bits per heavy atom. The molecular formula is C15H14N4. The van der Waals surface area contributed by atoms with Crippen LogP contribution >= 0.6 is 0 Å². The molecule has 3 aromatic rings. The van der Waals surface area contributed by atoms with E-state index in [9.17, 15) is 0 Å². The summed E-state index contributed by atoms with van der Waals surface area (Å²) in [6.45, 7) is 0.689.